The smallest absolute Gasteiger partial charge is 0.316 e. The fraction of sp³-hybridized carbons (Fsp3) is 0.500. The number of aryl methyl sites for hydroxylation is 2. The van der Waals surface area contributed by atoms with E-state index >= 15 is 0 Å². The number of aromatic nitrogens is 2. The Kier molecular flexibility index (Phi) is 3.95. The Morgan fingerprint density at radius 3 is 2.64 bits per heavy atom. The van der Waals surface area contributed by atoms with E-state index in [4.69, 9.17) is 0 Å². The van der Waals surface area contributed by atoms with Crippen molar-refractivity contribution < 1.29 is 9.59 Å². The van der Waals surface area contributed by atoms with Gasteiger partial charge in [-0.2, -0.15) is 0 Å². The Bertz CT molecular complexity index is 907. The van der Waals surface area contributed by atoms with Gasteiger partial charge in [0.15, 0.2) is 0 Å². The summed E-state index contributed by atoms with van der Waals surface area (Å²) in [5.41, 5.74) is 2.57. The number of amides is 2. The standard InChI is InChI=1S/C18H22N4O3/c1-21-15-8-11(2-3-12-9-19-10-12)4-5-13(15)22(18(21)25)14-6-7-16(23)20-17(14)24/h4-5,8,12,14,19H,2-3,6-7,9-10H2,1H3,(H,20,23,24). The second kappa shape index (κ2) is 6.15. The maximum atomic E-state index is 12.7. The van der Waals surface area contributed by atoms with Gasteiger partial charge in [-0.3, -0.25) is 24.0 Å². The SMILES string of the molecule is Cn1c(=O)n(C2CCC(=O)NC2=O)c2ccc(CCC3CNC3)cc21. The Labute approximate surface area is 145 Å². The molecule has 1 atom stereocenters. The quantitative estimate of drug-likeness (QED) is 0.791. The molecule has 2 N–H and O–H groups in total. The lowest BCUT2D eigenvalue weighted by Gasteiger charge is -2.26. The molecule has 1 aromatic heterocycles. The molecule has 1 unspecified atom stereocenters. The molecule has 132 valence electrons. The molecule has 1 aromatic carbocycles. The zero-order valence-electron chi connectivity index (χ0n) is 14.2. The molecule has 2 fully saturated rings. The van der Waals surface area contributed by atoms with Gasteiger partial charge in [0.1, 0.15) is 6.04 Å². The average Bonchev–Trinajstić information content (AvgIpc) is 2.78. The molecule has 2 aromatic rings. The highest BCUT2D eigenvalue weighted by Gasteiger charge is 2.31. The predicted octanol–water partition coefficient (Wildman–Crippen LogP) is 0.470. The first kappa shape index (κ1) is 16.1. The van der Waals surface area contributed by atoms with Gasteiger partial charge in [0, 0.05) is 13.5 Å². The van der Waals surface area contributed by atoms with Crippen LogP contribution in [0.2, 0.25) is 0 Å². The number of nitrogens with zero attached hydrogens (tertiary/aromatic N) is 2. The van der Waals surface area contributed by atoms with E-state index in [0.29, 0.717) is 6.42 Å². The number of rotatable bonds is 4. The van der Waals surface area contributed by atoms with Gasteiger partial charge in [0.2, 0.25) is 11.8 Å². The van der Waals surface area contributed by atoms with Gasteiger partial charge in [-0.05, 0) is 56.0 Å². The second-order valence-corrected chi connectivity index (χ2v) is 7.06. The maximum absolute atomic E-state index is 12.7. The number of nitrogens with one attached hydrogen (secondary N) is 2. The van der Waals surface area contributed by atoms with Crippen molar-refractivity contribution in [3.05, 3.63) is 34.2 Å². The van der Waals surface area contributed by atoms with E-state index in [1.54, 1.807) is 11.6 Å². The highest BCUT2D eigenvalue weighted by Crippen LogP contribution is 2.24. The van der Waals surface area contributed by atoms with Crippen LogP contribution in [0.4, 0.5) is 0 Å². The minimum atomic E-state index is -0.624. The van der Waals surface area contributed by atoms with Crippen LogP contribution in [-0.4, -0.2) is 34.0 Å². The largest absolute Gasteiger partial charge is 0.329 e. The summed E-state index contributed by atoms with van der Waals surface area (Å²) in [6, 6.07) is 5.39. The van der Waals surface area contributed by atoms with Crippen LogP contribution in [0.25, 0.3) is 11.0 Å². The molecular weight excluding hydrogens is 320 g/mol. The van der Waals surface area contributed by atoms with E-state index in [-0.39, 0.29) is 18.0 Å². The summed E-state index contributed by atoms with van der Waals surface area (Å²) < 4.78 is 3.12. The zero-order chi connectivity index (χ0) is 17.6. The summed E-state index contributed by atoms with van der Waals surface area (Å²) in [7, 11) is 1.73. The number of imidazole rings is 1. The van der Waals surface area contributed by atoms with Crippen molar-refractivity contribution in [2.75, 3.05) is 13.1 Å². The Hall–Kier alpha value is -2.41. The number of piperidine rings is 1. The summed E-state index contributed by atoms with van der Waals surface area (Å²) in [6.07, 6.45) is 2.74. The topological polar surface area (TPSA) is 85.1 Å². The van der Waals surface area contributed by atoms with Crippen molar-refractivity contribution in [2.24, 2.45) is 13.0 Å². The first-order chi connectivity index (χ1) is 12.0. The van der Waals surface area contributed by atoms with E-state index in [2.05, 4.69) is 10.6 Å². The fourth-order valence-electron chi connectivity index (χ4n) is 3.72. The van der Waals surface area contributed by atoms with E-state index in [0.717, 1.165) is 42.9 Å². The number of fused-ring (bicyclic) bond motifs is 1. The van der Waals surface area contributed by atoms with Crippen LogP contribution in [0.15, 0.2) is 23.0 Å². The van der Waals surface area contributed by atoms with Crippen LogP contribution in [0, 0.1) is 5.92 Å². The monoisotopic (exact) mass is 342 g/mol. The Morgan fingerprint density at radius 1 is 1.16 bits per heavy atom. The summed E-state index contributed by atoms with van der Waals surface area (Å²) in [5, 5.41) is 5.61. The molecule has 0 radical (unpaired) electrons. The van der Waals surface area contributed by atoms with Gasteiger partial charge in [-0.15, -0.1) is 0 Å². The molecule has 2 aliphatic rings. The summed E-state index contributed by atoms with van der Waals surface area (Å²) in [6.45, 7) is 2.18. The zero-order valence-corrected chi connectivity index (χ0v) is 14.2. The first-order valence-electron chi connectivity index (χ1n) is 8.79. The lowest BCUT2D eigenvalue weighted by Crippen LogP contribution is -2.44. The van der Waals surface area contributed by atoms with E-state index in [9.17, 15) is 14.4 Å². The molecule has 4 rings (SSSR count). The van der Waals surface area contributed by atoms with Crippen LogP contribution >= 0.6 is 0 Å². The van der Waals surface area contributed by atoms with Crippen molar-refractivity contribution in [3.8, 4) is 0 Å². The molecule has 7 nitrogen and oxygen atoms in total. The minimum Gasteiger partial charge on any atom is -0.316 e. The van der Waals surface area contributed by atoms with E-state index in [1.165, 1.54) is 10.1 Å². The summed E-state index contributed by atoms with van der Waals surface area (Å²) in [4.78, 5) is 36.3. The number of carbonyl (C=O) groups is 2. The number of hydrogen-bond donors (Lipinski definition) is 2. The van der Waals surface area contributed by atoms with Crippen LogP contribution in [0.5, 0.6) is 0 Å². The second-order valence-electron chi connectivity index (χ2n) is 7.06. The first-order valence-corrected chi connectivity index (χ1v) is 8.79. The number of carbonyl (C=O) groups excluding carboxylic acids is 2. The highest BCUT2D eigenvalue weighted by molar-refractivity contribution is 6.00. The molecular formula is C18H22N4O3. The molecule has 3 heterocycles. The van der Waals surface area contributed by atoms with Gasteiger partial charge in [0.05, 0.1) is 11.0 Å². The Balaban J connectivity index is 1.68. The summed E-state index contributed by atoms with van der Waals surface area (Å²) in [5.74, 6) is 0.0716. The molecule has 2 saturated heterocycles. The third kappa shape index (κ3) is 2.78. The van der Waals surface area contributed by atoms with Gasteiger partial charge < -0.3 is 5.32 Å². The summed E-state index contributed by atoms with van der Waals surface area (Å²) >= 11 is 0. The fourth-order valence-corrected chi connectivity index (χ4v) is 3.72. The molecule has 0 bridgehead atoms. The van der Waals surface area contributed by atoms with Gasteiger partial charge in [-0.25, -0.2) is 4.79 Å². The third-order valence-electron chi connectivity index (χ3n) is 5.38. The molecule has 0 spiro atoms. The van der Waals surface area contributed by atoms with E-state index < -0.39 is 11.9 Å². The van der Waals surface area contributed by atoms with Gasteiger partial charge in [0.25, 0.3) is 0 Å². The number of benzene rings is 1. The molecule has 2 aliphatic heterocycles. The van der Waals surface area contributed by atoms with Crippen LogP contribution < -0.4 is 16.3 Å². The number of hydrogen-bond acceptors (Lipinski definition) is 4. The van der Waals surface area contributed by atoms with E-state index in [1.807, 2.05) is 18.2 Å². The van der Waals surface area contributed by atoms with Crippen molar-refractivity contribution in [3.63, 3.8) is 0 Å². The van der Waals surface area contributed by atoms with Crippen molar-refractivity contribution in [1.82, 2.24) is 19.8 Å². The van der Waals surface area contributed by atoms with Gasteiger partial charge in [-0.1, -0.05) is 6.07 Å². The molecule has 0 saturated carbocycles. The minimum absolute atomic E-state index is 0.218. The predicted molar refractivity (Wildman–Crippen MR) is 93.3 cm³/mol. The Morgan fingerprint density at radius 2 is 1.96 bits per heavy atom. The third-order valence-corrected chi connectivity index (χ3v) is 5.38. The van der Waals surface area contributed by atoms with Crippen molar-refractivity contribution in [1.29, 1.82) is 0 Å². The van der Waals surface area contributed by atoms with Crippen LogP contribution in [-0.2, 0) is 23.1 Å². The maximum Gasteiger partial charge on any atom is 0.329 e. The normalized spacial score (nSPS) is 21.4. The molecule has 2 amide bonds. The lowest BCUT2D eigenvalue weighted by atomic mass is 9.94. The molecule has 7 heteroatoms. The van der Waals surface area contributed by atoms with Gasteiger partial charge >= 0.3 is 5.69 Å². The van der Waals surface area contributed by atoms with Crippen molar-refractivity contribution in [2.45, 2.75) is 31.7 Å². The number of imide groups is 1. The highest BCUT2D eigenvalue weighted by atomic mass is 16.2. The molecule has 0 aliphatic carbocycles. The lowest BCUT2D eigenvalue weighted by molar-refractivity contribution is -0.135. The van der Waals surface area contributed by atoms with Crippen LogP contribution in [0.3, 0.4) is 0 Å². The molecule has 25 heavy (non-hydrogen) atoms. The average molecular weight is 342 g/mol. The van der Waals surface area contributed by atoms with Crippen LogP contribution in [0.1, 0.15) is 30.9 Å². The van der Waals surface area contributed by atoms with Crippen molar-refractivity contribution >= 4 is 22.8 Å².